The maximum atomic E-state index is 4.77. The minimum Gasteiger partial charge on any atom is -0.254 e. The molecular formula is C32H32N2. The van der Waals surface area contributed by atoms with Gasteiger partial charge in [0.05, 0.1) is 11.0 Å². The molecule has 2 aromatic heterocycles. The summed E-state index contributed by atoms with van der Waals surface area (Å²) in [6, 6.07) is 26.4. The van der Waals surface area contributed by atoms with Gasteiger partial charge in [-0.25, -0.2) is 0 Å². The molecule has 0 bridgehead atoms. The number of rotatable bonds is 2. The number of hydrogen-bond donors (Lipinski definition) is 0. The number of hydrogen-bond acceptors (Lipinski definition) is 2. The van der Waals surface area contributed by atoms with E-state index in [2.05, 4.69) is 114 Å². The average molecular weight is 445 g/mol. The van der Waals surface area contributed by atoms with Crippen molar-refractivity contribution in [2.24, 2.45) is 0 Å². The highest BCUT2D eigenvalue weighted by Gasteiger charge is 2.16. The number of benzene rings is 3. The van der Waals surface area contributed by atoms with Gasteiger partial charge in [-0.2, -0.15) is 0 Å². The van der Waals surface area contributed by atoms with Crippen LogP contribution in [0.1, 0.15) is 52.7 Å². The van der Waals surface area contributed by atoms with Crippen LogP contribution in [0.15, 0.2) is 85.2 Å². The van der Waals surface area contributed by atoms with Crippen molar-refractivity contribution < 1.29 is 0 Å². The second-order valence-corrected chi connectivity index (χ2v) is 11.2. The van der Waals surface area contributed by atoms with Crippen LogP contribution in [-0.4, -0.2) is 9.97 Å². The van der Waals surface area contributed by atoms with Crippen molar-refractivity contribution in [2.45, 2.75) is 52.4 Å². The molecule has 0 amide bonds. The summed E-state index contributed by atoms with van der Waals surface area (Å²) < 4.78 is 0. The molecule has 0 spiro atoms. The molecular weight excluding hydrogens is 412 g/mol. The molecule has 0 saturated carbocycles. The lowest BCUT2D eigenvalue weighted by Gasteiger charge is -2.19. The van der Waals surface area contributed by atoms with Gasteiger partial charge in [-0.05, 0) is 56.3 Å². The summed E-state index contributed by atoms with van der Waals surface area (Å²) in [6.07, 6.45) is 3.81. The first-order valence-corrected chi connectivity index (χ1v) is 12.0. The van der Waals surface area contributed by atoms with Crippen LogP contribution < -0.4 is 0 Å². The van der Waals surface area contributed by atoms with E-state index >= 15 is 0 Å². The molecule has 0 radical (unpaired) electrons. The Bertz CT molecular complexity index is 1360. The molecule has 5 rings (SSSR count). The Hall–Kier alpha value is -3.52. The largest absolute Gasteiger partial charge is 0.254 e. The lowest BCUT2D eigenvalue weighted by atomic mass is 9.85. The van der Waals surface area contributed by atoms with Gasteiger partial charge < -0.3 is 0 Å². The highest BCUT2D eigenvalue weighted by Crippen LogP contribution is 2.36. The molecule has 0 aliphatic rings. The van der Waals surface area contributed by atoms with Crippen molar-refractivity contribution in [2.75, 3.05) is 0 Å². The predicted molar refractivity (Wildman–Crippen MR) is 145 cm³/mol. The zero-order valence-electron chi connectivity index (χ0n) is 21.0. The van der Waals surface area contributed by atoms with Crippen LogP contribution in [0.5, 0.6) is 0 Å². The fourth-order valence-electron chi connectivity index (χ4n) is 4.63. The predicted octanol–water partition coefficient (Wildman–Crippen LogP) is 8.71. The molecule has 2 heteroatoms. The summed E-state index contributed by atoms with van der Waals surface area (Å²) in [4.78, 5) is 9.54. The van der Waals surface area contributed by atoms with E-state index in [1.165, 1.54) is 33.4 Å². The van der Waals surface area contributed by atoms with Crippen molar-refractivity contribution >= 4 is 21.8 Å². The molecule has 0 unspecified atom stereocenters. The van der Waals surface area contributed by atoms with Gasteiger partial charge in [0.2, 0.25) is 0 Å². The average Bonchev–Trinajstić information content (AvgIpc) is 2.82. The minimum absolute atomic E-state index is 0.139. The summed E-state index contributed by atoms with van der Waals surface area (Å²) >= 11 is 0. The van der Waals surface area contributed by atoms with Gasteiger partial charge in [0.1, 0.15) is 0 Å². The van der Waals surface area contributed by atoms with Crippen molar-refractivity contribution in [1.29, 1.82) is 0 Å². The lowest BCUT2D eigenvalue weighted by molar-refractivity contribution is 0.590. The van der Waals surface area contributed by atoms with Crippen molar-refractivity contribution in [3.05, 3.63) is 96.3 Å². The SMILES string of the molecule is CC(C)(C)c1ccc(-c2ccnc3c2ccc2c(-c4ccc(C(C)(C)C)cc4)ccnc23)cc1. The highest BCUT2D eigenvalue weighted by atomic mass is 14.7. The summed E-state index contributed by atoms with van der Waals surface area (Å²) in [5.41, 5.74) is 9.63. The van der Waals surface area contributed by atoms with E-state index in [-0.39, 0.29) is 10.8 Å². The fraction of sp³-hybridized carbons (Fsp3) is 0.250. The monoisotopic (exact) mass is 444 g/mol. The zero-order chi connectivity index (χ0) is 24.1. The molecule has 0 aliphatic carbocycles. The molecule has 2 heterocycles. The van der Waals surface area contributed by atoms with Gasteiger partial charge in [0, 0.05) is 23.2 Å². The van der Waals surface area contributed by atoms with Gasteiger partial charge in [-0.15, -0.1) is 0 Å². The van der Waals surface area contributed by atoms with Gasteiger partial charge in [-0.1, -0.05) is 102 Å². The third-order valence-corrected chi connectivity index (χ3v) is 6.75. The molecule has 0 aliphatic heterocycles. The summed E-state index contributed by atoms with van der Waals surface area (Å²) in [5, 5.41) is 2.26. The highest BCUT2D eigenvalue weighted by molar-refractivity contribution is 6.11. The molecule has 2 nitrogen and oxygen atoms in total. The Labute approximate surface area is 202 Å². The second-order valence-electron chi connectivity index (χ2n) is 11.2. The minimum atomic E-state index is 0.139. The number of aromatic nitrogens is 2. The first-order valence-electron chi connectivity index (χ1n) is 12.0. The standard InChI is InChI=1S/C32H32N2/c1-31(2,3)23-11-7-21(8-12-23)25-17-19-33-29-27(25)15-16-28-26(18-20-34-30(28)29)22-9-13-24(14-10-22)32(4,5)6/h7-20H,1-6H3. The summed E-state index contributed by atoms with van der Waals surface area (Å²) in [7, 11) is 0. The van der Waals surface area contributed by atoms with Gasteiger partial charge >= 0.3 is 0 Å². The van der Waals surface area contributed by atoms with E-state index in [1.54, 1.807) is 0 Å². The van der Waals surface area contributed by atoms with E-state index < -0.39 is 0 Å². The Balaban J connectivity index is 1.64. The lowest BCUT2D eigenvalue weighted by Crippen LogP contribution is -2.10. The molecule has 34 heavy (non-hydrogen) atoms. The van der Waals surface area contributed by atoms with Crippen LogP contribution >= 0.6 is 0 Å². The molecule has 0 fully saturated rings. The van der Waals surface area contributed by atoms with Gasteiger partial charge in [-0.3, -0.25) is 9.97 Å². The van der Waals surface area contributed by atoms with Crippen molar-refractivity contribution in [3.8, 4) is 22.3 Å². The number of nitrogens with zero attached hydrogens (tertiary/aromatic N) is 2. The topological polar surface area (TPSA) is 25.8 Å². The van der Waals surface area contributed by atoms with E-state index in [4.69, 9.17) is 9.97 Å². The first-order chi connectivity index (χ1) is 16.1. The Morgan fingerprint density at radius 3 is 1.12 bits per heavy atom. The summed E-state index contributed by atoms with van der Waals surface area (Å²) in [6.45, 7) is 13.5. The smallest absolute Gasteiger partial charge is 0.0970 e. The third kappa shape index (κ3) is 3.98. The van der Waals surface area contributed by atoms with Gasteiger partial charge in [0.15, 0.2) is 0 Å². The normalized spacial score (nSPS) is 12.4. The quantitative estimate of drug-likeness (QED) is 0.254. The van der Waals surface area contributed by atoms with Crippen molar-refractivity contribution in [1.82, 2.24) is 9.97 Å². The summed E-state index contributed by atoms with van der Waals surface area (Å²) in [5.74, 6) is 0. The van der Waals surface area contributed by atoms with E-state index in [1.807, 2.05) is 12.4 Å². The number of pyridine rings is 2. The van der Waals surface area contributed by atoms with E-state index in [9.17, 15) is 0 Å². The maximum Gasteiger partial charge on any atom is 0.0970 e. The van der Waals surface area contributed by atoms with E-state index in [0.29, 0.717) is 0 Å². The van der Waals surface area contributed by atoms with Gasteiger partial charge in [0.25, 0.3) is 0 Å². The van der Waals surface area contributed by atoms with Crippen LogP contribution in [0.2, 0.25) is 0 Å². The fourth-order valence-corrected chi connectivity index (χ4v) is 4.63. The van der Waals surface area contributed by atoms with Crippen LogP contribution in [0.4, 0.5) is 0 Å². The van der Waals surface area contributed by atoms with Crippen LogP contribution in [0.25, 0.3) is 44.1 Å². The molecule has 3 aromatic carbocycles. The molecule has 170 valence electrons. The van der Waals surface area contributed by atoms with E-state index in [0.717, 1.165) is 21.8 Å². The molecule has 0 N–H and O–H groups in total. The molecule has 0 saturated heterocycles. The number of fused-ring (bicyclic) bond motifs is 3. The second kappa shape index (κ2) is 8.06. The molecule has 0 atom stereocenters. The first kappa shape index (κ1) is 22.3. The Morgan fingerprint density at radius 1 is 0.441 bits per heavy atom. The Morgan fingerprint density at radius 2 is 0.794 bits per heavy atom. The molecule has 5 aromatic rings. The van der Waals surface area contributed by atoms with Crippen molar-refractivity contribution in [3.63, 3.8) is 0 Å². The maximum absolute atomic E-state index is 4.77. The van der Waals surface area contributed by atoms with Crippen LogP contribution in [0.3, 0.4) is 0 Å². The third-order valence-electron chi connectivity index (χ3n) is 6.75. The van der Waals surface area contributed by atoms with Crippen LogP contribution in [0, 0.1) is 0 Å². The van der Waals surface area contributed by atoms with Crippen LogP contribution in [-0.2, 0) is 10.8 Å². The Kier molecular flexibility index (Phi) is 5.28. The zero-order valence-corrected chi connectivity index (χ0v) is 21.0.